The molecule has 0 saturated heterocycles. The van der Waals surface area contributed by atoms with Gasteiger partial charge in [-0.25, -0.2) is 0 Å². The lowest BCUT2D eigenvalue weighted by molar-refractivity contribution is 0.476. The molecule has 1 aliphatic rings. The molecule has 0 amide bonds. The second-order valence-electron chi connectivity index (χ2n) is 3.74. The van der Waals surface area contributed by atoms with Crippen molar-refractivity contribution >= 4 is 11.3 Å². The molecule has 1 aromatic rings. The fourth-order valence-electron chi connectivity index (χ4n) is 1.76. The Morgan fingerprint density at radius 1 is 1.47 bits per heavy atom. The lowest BCUT2D eigenvalue weighted by Gasteiger charge is -2.18. The van der Waals surface area contributed by atoms with Gasteiger partial charge in [-0.15, -0.1) is 11.3 Å². The smallest absolute Gasteiger partial charge is 0.110 e. The highest BCUT2D eigenvalue weighted by Crippen LogP contribution is 2.16. The highest BCUT2D eigenvalue weighted by molar-refractivity contribution is 7.12. The largest absolute Gasteiger partial charge is 0.309 e. The zero-order valence-electron chi connectivity index (χ0n) is 8.57. The molecule has 0 spiro atoms. The molecule has 78 valence electrons. The van der Waals surface area contributed by atoms with E-state index in [2.05, 4.69) is 23.5 Å². The van der Waals surface area contributed by atoms with Crippen molar-refractivity contribution in [2.45, 2.75) is 31.8 Å². The normalized spacial score (nSPS) is 20.1. The number of hydrogen-bond donors (Lipinski definition) is 1. The summed E-state index contributed by atoms with van der Waals surface area (Å²) < 4.78 is 0. The Balaban J connectivity index is 1.82. The van der Waals surface area contributed by atoms with Gasteiger partial charge in [-0.3, -0.25) is 0 Å². The first-order valence-electron chi connectivity index (χ1n) is 5.25. The summed E-state index contributed by atoms with van der Waals surface area (Å²) in [6.07, 6.45) is 8.04. The van der Waals surface area contributed by atoms with Crippen molar-refractivity contribution in [2.24, 2.45) is 0 Å². The summed E-state index contributed by atoms with van der Waals surface area (Å²) in [7, 11) is 0. The maximum absolute atomic E-state index is 8.70. The monoisotopic (exact) mass is 218 g/mol. The molecule has 0 radical (unpaired) electrons. The van der Waals surface area contributed by atoms with Gasteiger partial charge in [0.25, 0.3) is 0 Å². The highest BCUT2D eigenvalue weighted by atomic mass is 32.1. The highest BCUT2D eigenvalue weighted by Gasteiger charge is 2.09. The maximum atomic E-state index is 8.70. The van der Waals surface area contributed by atoms with Crippen LogP contribution in [0.3, 0.4) is 0 Å². The first kappa shape index (κ1) is 10.4. The fraction of sp³-hybridized carbons (Fsp3) is 0.417. The van der Waals surface area contributed by atoms with Gasteiger partial charge in [-0.05, 0) is 31.4 Å². The maximum Gasteiger partial charge on any atom is 0.110 e. The van der Waals surface area contributed by atoms with E-state index >= 15 is 0 Å². The van der Waals surface area contributed by atoms with E-state index in [0.717, 1.165) is 17.8 Å². The number of allylic oxidation sites excluding steroid dienone is 1. The summed E-state index contributed by atoms with van der Waals surface area (Å²) >= 11 is 1.58. The summed E-state index contributed by atoms with van der Waals surface area (Å²) in [6.45, 7) is 0.894. The lowest BCUT2D eigenvalue weighted by atomic mass is 10.0. The molecule has 0 saturated carbocycles. The Kier molecular flexibility index (Phi) is 3.54. The molecule has 1 unspecified atom stereocenters. The SMILES string of the molecule is N#Cc1ccc(CNC2CC=CCC2)s1. The minimum Gasteiger partial charge on any atom is -0.309 e. The average molecular weight is 218 g/mol. The van der Waals surface area contributed by atoms with Crippen LogP contribution in [0.15, 0.2) is 24.3 Å². The van der Waals surface area contributed by atoms with Gasteiger partial charge in [0, 0.05) is 17.5 Å². The summed E-state index contributed by atoms with van der Waals surface area (Å²) in [5.74, 6) is 0. The summed E-state index contributed by atoms with van der Waals surface area (Å²) in [6, 6.07) is 6.71. The molecule has 1 aromatic heterocycles. The lowest BCUT2D eigenvalue weighted by Crippen LogP contribution is -2.28. The third-order valence-electron chi connectivity index (χ3n) is 2.61. The second-order valence-corrected chi connectivity index (χ2v) is 4.91. The molecular formula is C12H14N2S. The number of rotatable bonds is 3. The standard InChI is InChI=1S/C12H14N2S/c13-8-11-6-7-12(15-11)9-14-10-4-2-1-3-5-10/h1-2,6-7,10,14H,3-5,9H2. The van der Waals surface area contributed by atoms with Crippen LogP contribution in [0.25, 0.3) is 0 Å². The molecule has 2 nitrogen and oxygen atoms in total. The van der Waals surface area contributed by atoms with E-state index in [1.165, 1.54) is 17.7 Å². The molecule has 0 aromatic carbocycles. The van der Waals surface area contributed by atoms with Gasteiger partial charge < -0.3 is 5.32 Å². The van der Waals surface area contributed by atoms with Gasteiger partial charge in [0.2, 0.25) is 0 Å². The van der Waals surface area contributed by atoms with E-state index in [4.69, 9.17) is 5.26 Å². The zero-order chi connectivity index (χ0) is 10.5. The third-order valence-corrected chi connectivity index (χ3v) is 3.60. The molecule has 1 N–H and O–H groups in total. The summed E-state index contributed by atoms with van der Waals surface area (Å²) in [5.41, 5.74) is 0. The van der Waals surface area contributed by atoms with Crippen LogP contribution in [0.4, 0.5) is 0 Å². The van der Waals surface area contributed by atoms with Crippen LogP contribution >= 0.6 is 11.3 Å². The molecular weight excluding hydrogens is 204 g/mol. The van der Waals surface area contributed by atoms with Crippen LogP contribution in [0.2, 0.25) is 0 Å². The Hall–Kier alpha value is -1.11. The Morgan fingerprint density at radius 3 is 3.07 bits per heavy atom. The number of nitrogens with zero attached hydrogens (tertiary/aromatic N) is 1. The third kappa shape index (κ3) is 2.92. The Labute approximate surface area is 94.2 Å². The topological polar surface area (TPSA) is 35.8 Å². The first-order chi connectivity index (χ1) is 7.38. The number of hydrogen-bond acceptors (Lipinski definition) is 3. The van der Waals surface area contributed by atoms with E-state index in [0.29, 0.717) is 6.04 Å². The molecule has 1 atom stereocenters. The van der Waals surface area contributed by atoms with E-state index in [1.807, 2.05) is 12.1 Å². The van der Waals surface area contributed by atoms with Crippen molar-refractivity contribution in [1.82, 2.24) is 5.32 Å². The minimum atomic E-state index is 0.614. The van der Waals surface area contributed by atoms with Crippen LogP contribution in [0, 0.1) is 11.3 Å². The summed E-state index contributed by atoms with van der Waals surface area (Å²) in [5, 5.41) is 12.2. The molecule has 0 aliphatic heterocycles. The van der Waals surface area contributed by atoms with E-state index < -0.39 is 0 Å². The van der Waals surface area contributed by atoms with Gasteiger partial charge in [0.05, 0.1) is 0 Å². The van der Waals surface area contributed by atoms with Crippen molar-refractivity contribution in [2.75, 3.05) is 0 Å². The summed E-state index contributed by atoms with van der Waals surface area (Å²) in [4.78, 5) is 2.05. The minimum absolute atomic E-state index is 0.614. The number of nitriles is 1. The molecule has 1 aliphatic carbocycles. The van der Waals surface area contributed by atoms with Crippen LogP contribution in [-0.2, 0) is 6.54 Å². The van der Waals surface area contributed by atoms with Crippen molar-refractivity contribution < 1.29 is 0 Å². The van der Waals surface area contributed by atoms with Crippen LogP contribution in [-0.4, -0.2) is 6.04 Å². The molecule has 1 heterocycles. The first-order valence-corrected chi connectivity index (χ1v) is 6.07. The van der Waals surface area contributed by atoms with Gasteiger partial charge in [-0.2, -0.15) is 5.26 Å². The molecule has 0 bridgehead atoms. The molecule has 3 heteroatoms. The number of nitrogens with one attached hydrogen (secondary N) is 1. The predicted octanol–water partition coefficient (Wildman–Crippen LogP) is 2.82. The predicted molar refractivity (Wildman–Crippen MR) is 62.7 cm³/mol. The van der Waals surface area contributed by atoms with Crippen LogP contribution in [0.5, 0.6) is 0 Å². The zero-order valence-corrected chi connectivity index (χ0v) is 9.39. The molecule has 0 fully saturated rings. The average Bonchev–Trinajstić information content (AvgIpc) is 2.76. The quantitative estimate of drug-likeness (QED) is 0.792. The van der Waals surface area contributed by atoms with Gasteiger partial charge in [0.15, 0.2) is 0 Å². The van der Waals surface area contributed by atoms with Gasteiger partial charge >= 0.3 is 0 Å². The number of thiophene rings is 1. The van der Waals surface area contributed by atoms with Crippen molar-refractivity contribution in [1.29, 1.82) is 5.26 Å². The van der Waals surface area contributed by atoms with Crippen molar-refractivity contribution in [3.8, 4) is 6.07 Å². The van der Waals surface area contributed by atoms with E-state index in [9.17, 15) is 0 Å². The van der Waals surface area contributed by atoms with E-state index in [1.54, 1.807) is 11.3 Å². The van der Waals surface area contributed by atoms with Crippen LogP contribution in [0.1, 0.15) is 29.0 Å². The fourth-order valence-corrected chi connectivity index (χ4v) is 2.51. The second kappa shape index (κ2) is 5.11. The Bertz CT molecular complexity index is 387. The van der Waals surface area contributed by atoms with Crippen molar-refractivity contribution in [3.63, 3.8) is 0 Å². The van der Waals surface area contributed by atoms with Crippen molar-refractivity contribution in [3.05, 3.63) is 34.0 Å². The van der Waals surface area contributed by atoms with E-state index in [-0.39, 0.29) is 0 Å². The molecule has 15 heavy (non-hydrogen) atoms. The van der Waals surface area contributed by atoms with Crippen LogP contribution < -0.4 is 5.32 Å². The van der Waals surface area contributed by atoms with Gasteiger partial charge in [0.1, 0.15) is 10.9 Å². The molecule has 2 rings (SSSR count). The van der Waals surface area contributed by atoms with Gasteiger partial charge in [-0.1, -0.05) is 12.2 Å². The Morgan fingerprint density at radius 2 is 2.40 bits per heavy atom.